The van der Waals surface area contributed by atoms with E-state index in [1.165, 1.54) is 0 Å². The van der Waals surface area contributed by atoms with E-state index in [0.717, 1.165) is 0 Å². The van der Waals surface area contributed by atoms with Crippen LogP contribution in [-0.4, -0.2) is 8.07 Å². The first kappa shape index (κ1) is 7.70. The van der Waals surface area contributed by atoms with Gasteiger partial charge in [0.1, 0.15) is 0 Å². The minimum absolute atomic E-state index is 0.930. The lowest BCUT2D eigenvalue weighted by atomic mass is 10.6. The molecule has 0 fully saturated rings. The second-order valence-electron chi connectivity index (χ2n) is 2.96. The molecule has 0 aliphatic carbocycles. The van der Waals surface area contributed by atoms with Crippen molar-refractivity contribution in [2.75, 3.05) is 0 Å². The molecule has 8 heavy (non-hydrogen) atoms. The zero-order chi connectivity index (χ0) is 6.62. The van der Waals surface area contributed by atoms with Gasteiger partial charge < -0.3 is 0 Å². The fourth-order valence-electron chi connectivity index (χ4n) is 0.357. The van der Waals surface area contributed by atoms with Crippen molar-refractivity contribution in [3.8, 4) is 0 Å². The summed E-state index contributed by atoms with van der Waals surface area (Å²) in [5.74, 6) is 0. The third-order valence-corrected chi connectivity index (χ3v) is 1.92. The molecule has 0 bridgehead atoms. The summed E-state index contributed by atoms with van der Waals surface area (Å²) >= 11 is 0. The lowest BCUT2D eigenvalue weighted by Gasteiger charge is -2.06. The fraction of sp³-hybridized carbons (Fsp3) is 0.429. The van der Waals surface area contributed by atoms with Gasteiger partial charge in [-0.2, -0.15) is 0 Å². The molecular weight excluding hydrogens is 112 g/mol. The molecule has 0 unspecified atom stereocenters. The smallest absolute Gasteiger partial charge is 0.0686 e. The Bertz CT molecular complexity index is 95.4. The van der Waals surface area contributed by atoms with Gasteiger partial charge in [0.15, 0.2) is 0 Å². The van der Waals surface area contributed by atoms with E-state index in [9.17, 15) is 0 Å². The zero-order valence-corrected chi connectivity index (χ0v) is 6.94. The minimum atomic E-state index is -0.930. The maximum atomic E-state index is 3.60. The highest BCUT2D eigenvalue weighted by molar-refractivity contribution is 6.80. The Morgan fingerprint density at radius 2 is 1.75 bits per heavy atom. The Morgan fingerprint density at radius 3 is 1.88 bits per heavy atom. The maximum Gasteiger partial charge on any atom is 0.0686 e. The molecule has 0 heterocycles. The van der Waals surface area contributed by atoms with Crippen molar-refractivity contribution in [1.82, 2.24) is 0 Å². The van der Waals surface area contributed by atoms with E-state index in [4.69, 9.17) is 0 Å². The van der Waals surface area contributed by atoms with Gasteiger partial charge >= 0.3 is 0 Å². The number of rotatable bonds is 2. The van der Waals surface area contributed by atoms with Crippen LogP contribution in [0.1, 0.15) is 0 Å². The molecule has 0 aliphatic rings. The number of hydrogen-bond donors (Lipinski definition) is 0. The molecule has 1 heteroatoms. The third-order valence-electron chi connectivity index (χ3n) is 0.732. The molecule has 0 rings (SSSR count). The van der Waals surface area contributed by atoms with Gasteiger partial charge in [-0.1, -0.05) is 44.1 Å². The Morgan fingerprint density at radius 1 is 1.25 bits per heavy atom. The molecule has 0 atom stereocenters. The second kappa shape index (κ2) is 2.87. The predicted molar refractivity (Wildman–Crippen MR) is 42.7 cm³/mol. The Balaban J connectivity index is 3.69. The summed E-state index contributed by atoms with van der Waals surface area (Å²) in [6.45, 7) is 10.5. The van der Waals surface area contributed by atoms with E-state index in [1.54, 1.807) is 0 Å². The van der Waals surface area contributed by atoms with Crippen LogP contribution in [0.3, 0.4) is 0 Å². The van der Waals surface area contributed by atoms with Gasteiger partial charge in [-0.05, 0) is 0 Å². The topological polar surface area (TPSA) is 0 Å². The molecule has 0 N–H and O–H groups in total. The summed E-state index contributed by atoms with van der Waals surface area (Å²) in [6, 6.07) is 0. The van der Waals surface area contributed by atoms with Gasteiger partial charge in [0.2, 0.25) is 0 Å². The first-order valence-electron chi connectivity index (χ1n) is 2.86. The Hall–Kier alpha value is -0.303. The third kappa shape index (κ3) is 5.70. The molecule has 0 saturated carbocycles. The van der Waals surface area contributed by atoms with Crippen LogP contribution < -0.4 is 0 Å². The van der Waals surface area contributed by atoms with E-state index >= 15 is 0 Å². The second-order valence-corrected chi connectivity index (χ2v) is 8.03. The van der Waals surface area contributed by atoms with Gasteiger partial charge in [-0.25, -0.2) is 0 Å². The summed E-state index contributed by atoms with van der Waals surface area (Å²) in [5.41, 5.74) is 2.26. The molecule has 0 saturated heterocycles. The van der Waals surface area contributed by atoms with Crippen LogP contribution in [0.15, 0.2) is 24.4 Å². The van der Waals surface area contributed by atoms with Crippen LogP contribution >= 0.6 is 0 Å². The van der Waals surface area contributed by atoms with Crippen molar-refractivity contribution in [1.29, 1.82) is 0 Å². The van der Waals surface area contributed by atoms with E-state index in [-0.39, 0.29) is 0 Å². The fourth-order valence-corrected chi connectivity index (χ4v) is 1.07. The molecule has 0 aromatic carbocycles. The average molecular weight is 126 g/mol. The van der Waals surface area contributed by atoms with Crippen LogP contribution in [0.25, 0.3) is 0 Å². The molecular formula is C7H14Si. The quantitative estimate of drug-likeness (QED) is 0.394. The summed E-state index contributed by atoms with van der Waals surface area (Å²) in [4.78, 5) is 0. The van der Waals surface area contributed by atoms with Gasteiger partial charge in [-0.15, -0.1) is 0 Å². The van der Waals surface area contributed by atoms with Gasteiger partial charge in [0.25, 0.3) is 0 Å². The highest BCUT2D eigenvalue weighted by Gasteiger charge is 2.04. The maximum absolute atomic E-state index is 3.60. The molecule has 0 aromatic heterocycles. The van der Waals surface area contributed by atoms with Crippen LogP contribution in [0, 0.1) is 0 Å². The highest BCUT2D eigenvalue weighted by Crippen LogP contribution is 2.00. The summed E-state index contributed by atoms with van der Waals surface area (Å²) in [5, 5.41) is 0. The van der Waals surface area contributed by atoms with Gasteiger partial charge in [0.05, 0.1) is 8.07 Å². The standard InChI is InChI=1S/C7H14Si/c1-5-6-7-8(2,3)4/h5-7H,1H2,2-4H3/b7-6-. The lowest BCUT2D eigenvalue weighted by molar-refractivity contribution is 1.76. The molecule has 46 valence electrons. The molecule has 0 radical (unpaired) electrons. The van der Waals surface area contributed by atoms with Crippen LogP contribution in [0.5, 0.6) is 0 Å². The Labute approximate surface area is 52.9 Å². The molecule has 0 spiro atoms. The van der Waals surface area contributed by atoms with Crippen molar-refractivity contribution < 1.29 is 0 Å². The first-order valence-corrected chi connectivity index (χ1v) is 6.44. The molecule has 0 aliphatic heterocycles. The van der Waals surface area contributed by atoms with Crippen molar-refractivity contribution in [2.24, 2.45) is 0 Å². The van der Waals surface area contributed by atoms with Crippen molar-refractivity contribution in [3.63, 3.8) is 0 Å². The van der Waals surface area contributed by atoms with E-state index < -0.39 is 8.07 Å². The first-order chi connectivity index (χ1) is 3.56. The number of allylic oxidation sites excluding steroid dienone is 2. The summed E-state index contributed by atoms with van der Waals surface area (Å²) in [6.07, 6.45) is 3.87. The Kier molecular flexibility index (Phi) is 2.76. The van der Waals surface area contributed by atoms with E-state index in [0.29, 0.717) is 0 Å². The van der Waals surface area contributed by atoms with Gasteiger partial charge in [-0.3, -0.25) is 0 Å². The van der Waals surface area contributed by atoms with Crippen LogP contribution in [0.4, 0.5) is 0 Å². The SMILES string of the molecule is C=C/C=C\[Si](C)(C)C. The van der Waals surface area contributed by atoms with E-state index in [2.05, 4.69) is 31.9 Å². The number of hydrogen-bond acceptors (Lipinski definition) is 0. The molecule has 0 nitrogen and oxygen atoms in total. The molecule has 0 amide bonds. The lowest BCUT2D eigenvalue weighted by Crippen LogP contribution is -2.14. The minimum Gasteiger partial charge on any atom is -0.0991 e. The predicted octanol–water partition coefficient (Wildman–Crippen LogP) is 2.61. The van der Waals surface area contributed by atoms with Crippen molar-refractivity contribution in [3.05, 3.63) is 24.4 Å². The normalized spacial score (nSPS) is 12.4. The zero-order valence-electron chi connectivity index (χ0n) is 5.94. The summed E-state index contributed by atoms with van der Waals surface area (Å²) in [7, 11) is -0.930. The van der Waals surface area contributed by atoms with Crippen molar-refractivity contribution >= 4 is 8.07 Å². The largest absolute Gasteiger partial charge is 0.0991 e. The van der Waals surface area contributed by atoms with Crippen LogP contribution in [-0.2, 0) is 0 Å². The monoisotopic (exact) mass is 126 g/mol. The van der Waals surface area contributed by atoms with Crippen LogP contribution in [0.2, 0.25) is 19.6 Å². The van der Waals surface area contributed by atoms with Gasteiger partial charge in [0, 0.05) is 0 Å². The average Bonchev–Trinajstić information content (AvgIpc) is 1.59. The highest BCUT2D eigenvalue weighted by atomic mass is 28.3. The van der Waals surface area contributed by atoms with Crippen molar-refractivity contribution in [2.45, 2.75) is 19.6 Å². The van der Waals surface area contributed by atoms with E-state index in [1.807, 2.05) is 12.2 Å². The molecule has 0 aromatic rings. The summed E-state index contributed by atoms with van der Waals surface area (Å²) < 4.78 is 0.